The third-order valence-electron chi connectivity index (χ3n) is 6.98. The maximum absolute atomic E-state index is 13.5. The molecule has 0 bridgehead atoms. The van der Waals surface area contributed by atoms with Crippen molar-refractivity contribution >= 4 is 5.91 Å². The van der Waals surface area contributed by atoms with Crippen molar-refractivity contribution in [2.45, 2.75) is 32.5 Å². The normalized spacial score (nSPS) is 17.9. The second-order valence-corrected chi connectivity index (χ2v) is 10.2. The van der Waals surface area contributed by atoms with Gasteiger partial charge >= 0.3 is 0 Å². The highest BCUT2D eigenvalue weighted by Gasteiger charge is 2.34. The van der Waals surface area contributed by atoms with E-state index in [9.17, 15) is 9.90 Å². The molecule has 0 aliphatic carbocycles. The number of amides is 1. The van der Waals surface area contributed by atoms with Crippen LogP contribution in [0, 0.1) is 17.8 Å². The zero-order valence-corrected chi connectivity index (χ0v) is 23.1. The van der Waals surface area contributed by atoms with E-state index >= 15 is 0 Å². The first kappa shape index (κ1) is 28.3. The van der Waals surface area contributed by atoms with Gasteiger partial charge in [-0.15, -0.1) is 0 Å². The van der Waals surface area contributed by atoms with Gasteiger partial charge in [-0.05, 0) is 36.7 Å². The van der Waals surface area contributed by atoms with Gasteiger partial charge in [0.15, 0.2) is 0 Å². The van der Waals surface area contributed by atoms with E-state index in [0.29, 0.717) is 30.1 Å². The van der Waals surface area contributed by atoms with Gasteiger partial charge in [-0.3, -0.25) is 9.69 Å². The smallest absolute Gasteiger partial charge is 0.259 e. The van der Waals surface area contributed by atoms with Crippen molar-refractivity contribution in [3.63, 3.8) is 0 Å². The average Bonchev–Trinajstić information content (AvgIpc) is 2.95. The number of aliphatic hydroxyl groups excluding tert-OH is 1. The first-order chi connectivity index (χ1) is 18.9. The highest BCUT2D eigenvalue weighted by Crippen LogP contribution is 2.28. The molecule has 2 aromatic carbocycles. The summed E-state index contributed by atoms with van der Waals surface area (Å²) >= 11 is 0. The van der Waals surface area contributed by atoms with Crippen molar-refractivity contribution in [1.82, 2.24) is 14.8 Å². The lowest BCUT2D eigenvalue weighted by molar-refractivity contribution is 0.0325. The Morgan fingerprint density at radius 1 is 1.18 bits per heavy atom. The van der Waals surface area contributed by atoms with Crippen LogP contribution in [0.1, 0.15) is 35.3 Å². The van der Waals surface area contributed by atoms with Crippen LogP contribution in [0.5, 0.6) is 5.88 Å². The quantitative estimate of drug-likeness (QED) is 0.445. The van der Waals surface area contributed by atoms with Crippen molar-refractivity contribution in [2.75, 3.05) is 40.5 Å². The highest BCUT2D eigenvalue weighted by molar-refractivity contribution is 5.97. The minimum absolute atomic E-state index is 0.0157. The van der Waals surface area contributed by atoms with Crippen LogP contribution < -0.4 is 4.74 Å². The molecule has 1 aromatic heterocycles. The minimum Gasteiger partial charge on any atom is -0.472 e. The Hall–Kier alpha value is -3.70. The molecule has 7 heteroatoms. The van der Waals surface area contributed by atoms with Crippen LogP contribution in [0.15, 0.2) is 66.9 Å². The summed E-state index contributed by atoms with van der Waals surface area (Å²) in [6.07, 6.45) is 1.41. The topological polar surface area (TPSA) is 75.1 Å². The van der Waals surface area contributed by atoms with Crippen LogP contribution in [0.3, 0.4) is 0 Å². The van der Waals surface area contributed by atoms with Gasteiger partial charge in [-0.25, -0.2) is 4.98 Å². The number of nitrogens with zero attached hydrogens (tertiary/aromatic N) is 3. The monoisotopic (exact) mass is 527 g/mol. The van der Waals surface area contributed by atoms with E-state index in [1.54, 1.807) is 24.3 Å². The third kappa shape index (κ3) is 7.24. The third-order valence-corrected chi connectivity index (χ3v) is 6.98. The molecule has 3 aromatic rings. The zero-order valence-electron chi connectivity index (χ0n) is 23.1. The first-order valence-corrected chi connectivity index (χ1v) is 13.3. The number of hydrogen-bond acceptors (Lipinski definition) is 6. The van der Waals surface area contributed by atoms with Crippen molar-refractivity contribution in [2.24, 2.45) is 5.92 Å². The van der Waals surface area contributed by atoms with Crippen LogP contribution in [0.2, 0.25) is 0 Å². The molecule has 0 spiro atoms. The molecule has 1 N–H and O–H groups in total. The molecule has 4 rings (SSSR count). The molecule has 39 heavy (non-hydrogen) atoms. The van der Waals surface area contributed by atoms with Gasteiger partial charge in [0.2, 0.25) is 5.88 Å². The van der Waals surface area contributed by atoms with E-state index in [0.717, 1.165) is 6.54 Å². The Balaban J connectivity index is 1.53. The number of carbonyl (C=O) groups excluding carboxylic acids is 1. The number of fused-ring (bicyclic) bond motifs is 1. The number of benzene rings is 2. The second kappa shape index (κ2) is 13.4. The van der Waals surface area contributed by atoms with Crippen LogP contribution >= 0.6 is 0 Å². The Morgan fingerprint density at radius 3 is 2.59 bits per heavy atom. The summed E-state index contributed by atoms with van der Waals surface area (Å²) in [7, 11) is 3.65. The maximum atomic E-state index is 13.5. The van der Waals surface area contributed by atoms with Crippen LogP contribution in [0.25, 0.3) is 11.1 Å². The van der Waals surface area contributed by atoms with E-state index in [2.05, 4.69) is 72.1 Å². The van der Waals surface area contributed by atoms with E-state index in [4.69, 9.17) is 9.47 Å². The number of carbonyl (C=O) groups is 1. The molecule has 0 saturated carbocycles. The summed E-state index contributed by atoms with van der Waals surface area (Å²) in [5.41, 5.74) is 4.57. The summed E-state index contributed by atoms with van der Waals surface area (Å²) < 4.78 is 11.4. The van der Waals surface area contributed by atoms with Crippen LogP contribution in [-0.2, 0) is 11.3 Å². The molecule has 2 heterocycles. The summed E-state index contributed by atoms with van der Waals surface area (Å²) in [4.78, 5) is 22.0. The molecule has 7 nitrogen and oxygen atoms in total. The van der Waals surface area contributed by atoms with Gasteiger partial charge in [0.25, 0.3) is 5.91 Å². The number of aliphatic hydroxyl groups is 1. The Labute approximate surface area is 231 Å². The molecule has 204 valence electrons. The van der Waals surface area contributed by atoms with Crippen molar-refractivity contribution in [3.8, 4) is 28.8 Å². The summed E-state index contributed by atoms with van der Waals surface area (Å²) in [5, 5.41) is 9.88. The molecule has 1 aliphatic rings. The van der Waals surface area contributed by atoms with Gasteiger partial charge in [-0.2, -0.15) is 0 Å². The Kier molecular flexibility index (Phi) is 9.72. The summed E-state index contributed by atoms with van der Waals surface area (Å²) in [6.45, 7) is 5.95. The van der Waals surface area contributed by atoms with E-state index < -0.39 is 0 Å². The lowest BCUT2D eigenvalue weighted by Gasteiger charge is -2.37. The van der Waals surface area contributed by atoms with E-state index in [1.807, 2.05) is 25.1 Å². The second-order valence-electron chi connectivity index (χ2n) is 10.2. The summed E-state index contributed by atoms with van der Waals surface area (Å²) in [6, 6.07) is 20.3. The number of pyridine rings is 1. The predicted molar refractivity (Wildman–Crippen MR) is 152 cm³/mol. The zero-order chi connectivity index (χ0) is 27.8. The predicted octanol–water partition coefficient (Wildman–Crippen LogP) is 4.10. The number of methoxy groups -OCH3 is 1. The molecule has 1 aliphatic heterocycles. The number of hydrogen-bond donors (Lipinski definition) is 1. The molecule has 0 radical (unpaired) electrons. The SMILES string of the molecule is COCC#Cc1cnc2c(c1)C(=O)N([C@@H](C)CO)C[C@@H](C)[C@@H](CN(C)Cc1ccc(-c3ccccc3)cc1)O2. The van der Waals surface area contributed by atoms with E-state index in [1.165, 1.54) is 16.7 Å². The highest BCUT2D eigenvalue weighted by atomic mass is 16.5. The fraction of sp³-hybridized carbons (Fsp3) is 0.375. The van der Waals surface area contributed by atoms with Gasteiger partial charge in [0, 0.05) is 44.4 Å². The molecule has 0 unspecified atom stereocenters. The van der Waals surface area contributed by atoms with Crippen molar-refractivity contribution < 1.29 is 19.4 Å². The van der Waals surface area contributed by atoms with Crippen LogP contribution in [-0.4, -0.2) is 78.4 Å². The van der Waals surface area contributed by atoms with E-state index in [-0.39, 0.29) is 37.2 Å². The molecule has 0 saturated heterocycles. The average molecular weight is 528 g/mol. The lowest BCUT2D eigenvalue weighted by Crippen LogP contribution is -2.49. The largest absolute Gasteiger partial charge is 0.472 e. The number of likely N-dealkylation sites (N-methyl/N-ethyl adjacent to an activating group) is 1. The molecular weight excluding hydrogens is 490 g/mol. The number of ether oxygens (including phenoxy) is 2. The van der Waals surface area contributed by atoms with Crippen molar-refractivity contribution in [3.05, 3.63) is 83.6 Å². The summed E-state index contributed by atoms with van der Waals surface area (Å²) in [5.74, 6) is 5.98. The molecule has 1 amide bonds. The lowest BCUT2D eigenvalue weighted by atomic mass is 9.99. The Bertz CT molecular complexity index is 1300. The standard InChI is InChI=1S/C32H37N3O4/c1-23-19-35(24(2)22-36)32(37)29-17-26(9-8-16-38-4)18-33-31(29)39-30(23)21-34(3)20-25-12-14-28(15-13-25)27-10-6-5-7-11-27/h5-7,10-15,17-18,23-24,30,36H,16,19-22H2,1-4H3/t23-,24+,30-/m1/s1. The van der Waals surface area contributed by atoms with Crippen molar-refractivity contribution in [1.29, 1.82) is 0 Å². The number of aromatic nitrogens is 1. The number of rotatable bonds is 8. The molecule has 0 fully saturated rings. The van der Waals surface area contributed by atoms with Gasteiger partial charge in [-0.1, -0.05) is 73.4 Å². The van der Waals surface area contributed by atoms with Gasteiger partial charge < -0.3 is 19.5 Å². The van der Waals surface area contributed by atoms with Gasteiger partial charge in [0.1, 0.15) is 18.3 Å². The van der Waals surface area contributed by atoms with Crippen LogP contribution in [0.4, 0.5) is 0 Å². The maximum Gasteiger partial charge on any atom is 0.259 e. The van der Waals surface area contributed by atoms with Gasteiger partial charge in [0.05, 0.1) is 12.6 Å². The Morgan fingerprint density at radius 2 is 1.90 bits per heavy atom. The fourth-order valence-corrected chi connectivity index (χ4v) is 4.72. The minimum atomic E-state index is -0.337. The first-order valence-electron chi connectivity index (χ1n) is 13.3. The molecule has 3 atom stereocenters. The molecular formula is C32H37N3O4. The fourth-order valence-electron chi connectivity index (χ4n) is 4.72.